The number of ether oxygens (including phenoxy) is 3. The van der Waals surface area contributed by atoms with Crippen LogP contribution in [0.2, 0.25) is 0 Å². The first-order valence-electron chi connectivity index (χ1n) is 11.1. The number of nitrogens with zero attached hydrogens (tertiary/aromatic N) is 1. The summed E-state index contributed by atoms with van der Waals surface area (Å²) < 4.78 is 18.2. The summed E-state index contributed by atoms with van der Waals surface area (Å²) in [5.74, 6) is 0.767. The predicted octanol–water partition coefficient (Wildman–Crippen LogP) is 5.27. The van der Waals surface area contributed by atoms with Crippen molar-refractivity contribution >= 4 is 44.7 Å². The molecule has 2 atom stereocenters. The number of carbonyl (C=O) groups is 1. The minimum atomic E-state index is -0.247. The van der Waals surface area contributed by atoms with Crippen LogP contribution in [0.15, 0.2) is 34.8 Å². The number of amides is 1. The van der Waals surface area contributed by atoms with E-state index in [0.29, 0.717) is 22.6 Å². The topological polar surface area (TPSA) is 60.0 Å². The molecule has 0 radical (unpaired) electrons. The van der Waals surface area contributed by atoms with E-state index >= 15 is 0 Å². The first kappa shape index (κ1) is 25.5. The van der Waals surface area contributed by atoms with Gasteiger partial charge in [0, 0.05) is 24.3 Å². The molecule has 1 saturated heterocycles. The molecule has 6 nitrogen and oxygen atoms in total. The number of benzene rings is 2. The summed E-state index contributed by atoms with van der Waals surface area (Å²) in [6.07, 6.45) is 0.222. The molecule has 1 amide bonds. The summed E-state index contributed by atoms with van der Waals surface area (Å²) in [5, 5.41) is 2.87. The van der Waals surface area contributed by atoms with Crippen molar-refractivity contribution in [3.05, 3.63) is 51.5 Å². The average Bonchev–Trinajstić information content (AvgIpc) is 2.74. The number of thiocarbonyl (C=S) groups is 1. The monoisotopic (exact) mass is 534 g/mol. The van der Waals surface area contributed by atoms with Gasteiger partial charge >= 0.3 is 0 Å². The Balaban J connectivity index is 1.73. The van der Waals surface area contributed by atoms with E-state index in [1.165, 1.54) is 5.56 Å². The highest BCUT2D eigenvalue weighted by atomic mass is 79.9. The lowest BCUT2D eigenvalue weighted by Crippen LogP contribution is -2.47. The highest BCUT2D eigenvalue weighted by Crippen LogP contribution is 2.37. The Kier molecular flexibility index (Phi) is 8.73. The van der Waals surface area contributed by atoms with E-state index in [1.807, 2.05) is 65.0 Å². The summed E-state index contributed by atoms with van der Waals surface area (Å²) in [7, 11) is 0. The third-order valence-corrected chi connectivity index (χ3v) is 6.48. The first-order chi connectivity index (χ1) is 15.7. The number of rotatable bonds is 7. The molecule has 0 bridgehead atoms. The summed E-state index contributed by atoms with van der Waals surface area (Å²) >= 11 is 9.36. The van der Waals surface area contributed by atoms with Crippen molar-refractivity contribution in [2.45, 2.75) is 46.8 Å². The Labute approximate surface area is 209 Å². The molecule has 0 aliphatic carbocycles. The lowest BCUT2D eigenvalue weighted by Gasteiger charge is -2.37. The zero-order valence-electron chi connectivity index (χ0n) is 19.7. The van der Waals surface area contributed by atoms with Crippen molar-refractivity contribution < 1.29 is 19.0 Å². The molecular weight excluding hydrogens is 504 g/mol. The second-order valence-electron chi connectivity index (χ2n) is 8.32. The van der Waals surface area contributed by atoms with Gasteiger partial charge in [-0.3, -0.25) is 4.79 Å². The van der Waals surface area contributed by atoms with Gasteiger partial charge in [-0.05, 0) is 85.9 Å². The van der Waals surface area contributed by atoms with Gasteiger partial charge in [0.25, 0.3) is 5.91 Å². The molecule has 1 fully saturated rings. The van der Waals surface area contributed by atoms with Crippen molar-refractivity contribution in [1.82, 2.24) is 4.90 Å². The Morgan fingerprint density at radius 2 is 1.85 bits per heavy atom. The summed E-state index contributed by atoms with van der Waals surface area (Å²) in [6, 6.07) is 9.58. The van der Waals surface area contributed by atoms with E-state index < -0.39 is 0 Å². The van der Waals surface area contributed by atoms with Crippen LogP contribution in [-0.2, 0) is 9.53 Å². The van der Waals surface area contributed by atoms with Gasteiger partial charge in [0.2, 0.25) is 0 Å². The fourth-order valence-corrected chi connectivity index (χ4v) is 4.60. The van der Waals surface area contributed by atoms with E-state index in [-0.39, 0.29) is 24.7 Å². The maximum atomic E-state index is 12.5. The number of hydrogen-bond donors (Lipinski definition) is 1. The van der Waals surface area contributed by atoms with Gasteiger partial charge in [0.05, 0.1) is 23.3 Å². The minimum absolute atomic E-state index is 0.111. The van der Waals surface area contributed by atoms with Crippen molar-refractivity contribution in [2.75, 3.05) is 31.6 Å². The number of nitrogens with one attached hydrogen (secondary N) is 1. The normalized spacial score (nSPS) is 18.1. The molecule has 1 aliphatic rings. The van der Waals surface area contributed by atoms with Gasteiger partial charge < -0.3 is 24.4 Å². The third kappa shape index (κ3) is 6.68. The van der Waals surface area contributed by atoms with Crippen LogP contribution in [0.1, 0.15) is 37.5 Å². The Hall–Kier alpha value is -2.16. The van der Waals surface area contributed by atoms with Crippen molar-refractivity contribution in [3.63, 3.8) is 0 Å². The van der Waals surface area contributed by atoms with Crippen molar-refractivity contribution in [3.8, 4) is 11.5 Å². The molecule has 1 aliphatic heterocycles. The van der Waals surface area contributed by atoms with Crippen LogP contribution >= 0.6 is 28.1 Å². The van der Waals surface area contributed by atoms with Crippen LogP contribution in [0.3, 0.4) is 0 Å². The molecule has 1 heterocycles. The SMILES string of the molecule is CCOc1cc(C(=S)N2C[C@@H](C)O[C@H](C)C2)cc(Br)c1OCC(=O)Nc1ccc(C)c(C)c1. The van der Waals surface area contributed by atoms with Gasteiger partial charge in [0.15, 0.2) is 18.1 Å². The third-order valence-electron chi connectivity index (χ3n) is 5.40. The van der Waals surface area contributed by atoms with Crippen LogP contribution in [-0.4, -0.2) is 54.3 Å². The Morgan fingerprint density at radius 1 is 1.15 bits per heavy atom. The number of anilines is 1. The van der Waals surface area contributed by atoms with Crippen LogP contribution in [0, 0.1) is 13.8 Å². The van der Waals surface area contributed by atoms with Crippen LogP contribution in [0.5, 0.6) is 11.5 Å². The van der Waals surface area contributed by atoms with E-state index in [1.54, 1.807) is 0 Å². The summed E-state index contributed by atoms with van der Waals surface area (Å²) in [4.78, 5) is 15.4. The quantitative estimate of drug-likeness (QED) is 0.488. The highest BCUT2D eigenvalue weighted by Gasteiger charge is 2.26. The minimum Gasteiger partial charge on any atom is -0.490 e. The van der Waals surface area contributed by atoms with Gasteiger partial charge in [0.1, 0.15) is 4.99 Å². The van der Waals surface area contributed by atoms with Crippen molar-refractivity contribution in [1.29, 1.82) is 0 Å². The van der Waals surface area contributed by atoms with Gasteiger partial charge in [-0.15, -0.1) is 0 Å². The number of morpholine rings is 1. The number of aryl methyl sites for hydroxylation is 2. The fourth-order valence-electron chi connectivity index (χ4n) is 3.77. The van der Waals surface area contributed by atoms with E-state index in [9.17, 15) is 4.79 Å². The second-order valence-corrected chi connectivity index (χ2v) is 9.56. The molecule has 3 rings (SSSR count). The lowest BCUT2D eigenvalue weighted by molar-refractivity contribution is -0.118. The molecule has 2 aromatic rings. The maximum Gasteiger partial charge on any atom is 0.262 e. The number of carbonyl (C=O) groups excluding carboxylic acids is 1. The molecule has 33 heavy (non-hydrogen) atoms. The van der Waals surface area contributed by atoms with E-state index in [2.05, 4.69) is 26.1 Å². The second kappa shape index (κ2) is 11.3. The maximum absolute atomic E-state index is 12.5. The summed E-state index contributed by atoms with van der Waals surface area (Å²) in [5.41, 5.74) is 3.89. The molecule has 0 spiro atoms. The molecule has 0 aromatic heterocycles. The number of halogens is 1. The molecular formula is C25H31BrN2O4S. The van der Waals surface area contributed by atoms with Crippen LogP contribution in [0.4, 0.5) is 5.69 Å². The number of hydrogen-bond acceptors (Lipinski definition) is 5. The van der Waals surface area contributed by atoms with Gasteiger partial charge in [-0.1, -0.05) is 18.3 Å². The zero-order chi connectivity index (χ0) is 24.1. The Bertz CT molecular complexity index is 1020. The molecule has 2 aromatic carbocycles. The first-order valence-corrected chi connectivity index (χ1v) is 12.3. The van der Waals surface area contributed by atoms with Crippen molar-refractivity contribution in [2.24, 2.45) is 0 Å². The van der Waals surface area contributed by atoms with E-state index in [4.69, 9.17) is 26.4 Å². The molecule has 178 valence electrons. The molecule has 0 unspecified atom stereocenters. The van der Waals surface area contributed by atoms with Gasteiger partial charge in [-0.25, -0.2) is 0 Å². The predicted molar refractivity (Wildman–Crippen MR) is 139 cm³/mol. The van der Waals surface area contributed by atoms with Gasteiger partial charge in [-0.2, -0.15) is 0 Å². The molecule has 1 N–H and O–H groups in total. The van der Waals surface area contributed by atoms with Crippen LogP contribution < -0.4 is 14.8 Å². The molecule has 8 heteroatoms. The Morgan fingerprint density at radius 3 is 2.48 bits per heavy atom. The zero-order valence-corrected chi connectivity index (χ0v) is 22.1. The summed E-state index contributed by atoms with van der Waals surface area (Å²) in [6.45, 7) is 11.8. The lowest BCUT2D eigenvalue weighted by atomic mass is 10.1. The average molecular weight is 536 g/mol. The smallest absolute Gasteiger partial charge is 0.262 e. The molecule has 0 saturated carbocycles. The largest absolute Gasteiger partial charge is 0.490 e. The standard InChI is InChI=1S/C25H31BrN2O4S/c1-6-30-22-11-19(25(33)28-12-17(4)32-18(5)13-28)10-21(26)24(22)31-14-23(29)27-20-8-7-15(2)16(3)9-20/h7-11,17-18H,6,12-14H2,1-5H3,(H,27,29)/t17-,18-/m1/s1. The highest BCUT2D eigenvalue weighted by molar-refractivity contribution is 9.10. The fraction of sp³-hybridized carbons (Fsp3) is 0.440. The van der Waals surface area contributed by atoms with E-state index in [0.717, 1.165) is 34.9 Å². The van der Waals surface area contributed by atoms with Crippen LogP contribution in [0.25, 0.3) is 0 Å².